The normalized spacial score (nSPS) is 16.0. The molecule has 3 aromatic rings. The first kappa shape index (κ1) is 16.4. The molecular formula is C20H18FN3O2. The largest absolute Gasteiger partial charge is 0.493 e. The molecule has 1 amide bonds. The van der Waals surface area contributed by atoms with Gasteiger partial charge in [0, 0.05) is 18.1 Å². The Bertz CT molecular complexity index is 1020. The fraction of sp³-hybridized carbons (Fsp3) is 0.250. The zero-order valence-corrected chi connectivity index (χ0v) is 14.5. The molecule has 132 valence electrons. The molecule has 0 aliphatic carbocycles. The minimum atomic E-state index is -0.507. The van der Waals surface area contributed by atoms with E-state index in [1.165, 1.54) is 12.1 Å². The Balaban J connectivity index is 1.72. The minimum Gasteiger partial charge on any atom is -0.493 e. The lowest BCUT2D eigenvalue weighted by Gasteiger charge is -2.26. The monoisotopic (exact) mass is 351 g/mol. The second-order valence-electron chi connectivity index (χ2n) is 6.42. The van der Waals surface area contributed by atoms with Gasteiger partial charge >= 0.3 is 0 Å². The predicted molar refractivity (Wildman–Crippen MR) is 95.7 cm³/mol. The molecule has 0 fully saturated rings. The first-order valence-corrected chi connectivity index (χ1v) is 8.50. The summed E-state index contributed by atoms with van der Waals surface area (Å²) in [5.74, 6) is -0.110. The van der Waals surface area contributed by atoms with Gasteiger partial charge in [0.2, 0.25) is 0 Å². The molecule has 1 aliphatic heterocycles. The highest BCUT2D eigenvalue weighted by Gasteiger charge is 2.24. The van der Waals surface area contributed by atoms with Crippen LogP contribution in [0.25, 0.3) is 11.0 Å². The molecule has 0 bridgehead atoms. The molecule has 1 aromatic heterocycles. The lowest BCUT2D eigenvalue weighted by atomic mass is 10.00. The van der Waals surface area contributed by atoms with Crippen LogP contribution in [0.15, 0.2) is 36.4 Å². The average molecular weight is 351 g/mol. The number of carbonyl (C=O) groups excluding carboxylic acids is 1. The van der Waals surface area contributed by atoms with E-state index >= 15 is 0 Å². The number of fused-ring (bicyclic) bond motifs is 2. The van der Waals surface area contributed by atoms with Crippen LogP contribution >= 0.6 is 0 Å². The van der Waals surface area contributed by atoms with Crippen molar-refractivity contribution in [1.82, 2.24) is 15.3 Å². The van der Waals surface area contributed by atoms with Gasteiger partial charge < -0.3 is 10.1 Å². The number of amides is 1. The maximum atomic E-state index is 14.0. The number of aromatic nitrogens is 2. The maximum absolute atomic E-state index is 14.0. The number of nitrogens with one attached hydrogen (secondary N) is 1. The Morgan fingerprint density at radius 1 is 1.19 bits per heavy atom. The van der Waals surface area contributed by atoms with Gasteiger partial charge in [0.25, 0.3) is 5.91 Å². The first-order chi connectivity index (χ1) is 12.5. The fourth-order valence-corrected chi connectivity index (χ4v) is 3.20. The molecule has 6 heteroatoms. The molecule has 1 aliphatic rings. The van der Waals surface area contributed by atoms with Crippen LogP contribution in [-0.2, 0) is 0 Å². The first-order valence-electron chi connectivity index (χ1n) is 8.50. The van der Waals surface area contributed by atoms with Crippen LogP contribution in [0, 0.1) is 19.7 Å². The van der Waals surface area contributed by atoms with Crippen molar-refractivity contribution in [2.24, 2.45) is 0 Å². The van der Waals surface area contributed by atoms with Crippen molar-refractivity contribution in [3.8, 4) is 5.75 Å². The van der Waals surface area contributed by atoms with Gasteiger partial charge in [-0.05, 0) is 26.0 Å². The molecule has 4 rings (SSSR count). The van der Waals surface area contributed by atoms with Crippen molar-refractivity contribution in [3.63, 3.8) is 0 Å². The number of rotatable bonds is 2. The van der Waals surface area contributed by atoms with E-state index in [-0.39, 0.29) is 17.5 Å². The molecule has 2 aromatic carbocycles. The summed E-state index contributed by atoms with van der Waals surface area (Å²) in [6.07, 6.45) is 0.653. The zero-order valence-electron chi connectivity index (χ0n) is 14.5. The van der Waals surface area contributed by atoms with Crippen molar-refractivity contribution in [1.29, 1.82) is 0 Å². The molecule has 0 radical (unpaired) electrons. The Hall–Kier alpha value is -3.02. The number of carbonyl (C=O) groups is 1. The lowest BCUT2D eigenvalue weighted by molar-refractivity contribution is 0.0926. The smallest absolute Gasteiger partial charge is 0.254 e. The van der Waals surface area contributed by atoms with E-state index < -0.39 is 5.82 Å². The molecule has 0 spiro atoms. The second-order valence-corrected chi connectivity index (χ2v) is 6.42. The van der Waals surface area contributed by atoms with Crippen molar-refractivity contribution < 1.29 is 13.9 Å². The number of nitrogens with zero attached hydrogens (tertiary/aromatic N) is 2. The van der Waals surface area contributed by atoms with Crippen LogP contribution in [-0.4, -0.2) is 22.5 Å². The molecule has 2 heterocycles. The highest BCUT2D eigenvalue weighted by Crippen LogP contribution is 2.32. The van der Waals surface area contributed by atoms with E-state index in [0.717, 1.165) is 17.0 Å². The van der Waals surface area contributed by atoms with Crippen molar-refractivity contribution in [2.75, 3.05) is 6.61 Å². The van der Waals surface area contributed by atoms with E-state index in [2.05, 4.69) is 15.3 Å². The van der Waals surface area contributed by atoms with Crippen LogP contribution in [0.1, 0.15) is 39.8 Å². The third kappa shape index (κ3) is 2.87. The van der Waals surface area contributed by atoms with Crippen molar-refractivity contribution >= 4 is 16.9 Å². The second kappa shape index (κ2) is 6.37. The summed E-state index contributed by atoms with van der Waals surface area (Å²) in [5, 5.41) is 2.99. The standard InChI is InChI=1S/C20H18FN3O2/c1-11-12(2)23-19-15(9-13(21)10-17(19)22-11)20(25)24-16-7-8-26-18-6-4-3-5-14(16)18/h3-6,9-10,16H,7-8H2,1-2H3,(H,24,25)/t16-/m0/s1. The van der Waals surface area contributed by atoms with Gasteiger partial charge in [0.1, 0.15) is 17.1 Å². The summed E-state index contributed by atoms with van der Waals surface area (Å²) in [5.41, 5.74) is 3.34. The summed E-state index contributed by atoms with van der Waals surface area (Å²) in [7, 11) is 0. The Morgan fingerprint density at radius 2 is 1.96 bits per heavy atom. The van der Waals surface area contributed by atoms with E-state index in [1.807, 2.05) is 38.1 Å². The third-order valence-electron chi connectivity index (χ3n) is 4.65. The summed E-state index contributed by atoms with van der Waals surface area (Å²) >= 11 is 0. The Labute approximate surface area is 150 Å². The molecule has 0 saturated carbocycles. The summed E-state index contributed by atoms with van der Waals surface area (Å²) in [4.78, 5) is 21.7. The summed E-state index contributed by atoms with van der Waals surface area (Å²) in [6.45, 7) is 4.15. The third-order valence-corrected chi connectivity index (χ3v) is 4.65. The van der Waals surface area contributed by atoms with Gasteiger partial charge in [-0.3, -0.25) is 4.79 Å². The van der Waals surface area contributed by atoms with Crippen LogP contribution < -0.4 is 10.1 Å². The zero-order chi connectivity index (χ0) is 18.3. The van der Waals surface area contributed by atoms with Crippen LogP contribution in [0.5, 0.6) is 5.75 Å². The maximum Gasteiger partial charge on any atom is 0.254 e. The highest BCUT2D eigenvalue weighted by molar-refractivity contribution is 6.05. The number of benzene rings is 2. The summed E-state index contributed by atoms with van der Waals surface area (Å²) < 4.78 is 19.7. The Morgan fingerprint density at radius 3 is 2.81 bits per heavy atom. The number of aryl methyl sites for hydroxylation is 2. The molecule has 26 heavy (non-hydrogen) atoms. The number of hydrogen-bond donors (Lipinski definition) is 1. The van der Waals surface area contributed by atoms with Gasteiger partial charge in [0.15, 0.2) is 0 Å². The number of halogens is 1. The number of para-hydroxylation sites is 1. The quantitative estimate of drug-likeness (QED) is 0.766. The van der Waals surface area contributed by atoms with Crippen molar-refractivity contribution in [3.05, 3.63) is 64.7 Å². The van der Waals surface area contributed by atoms with Gasteiger partial charge in [-0.15, -0.1) is 0 Å². The Kier molecular flexibility index (Phi) is 4.03. The van der Waals surface area contributed by atoms with E-state index in [1.54, 1.807) is 0 Å². The van der Waals surface area contributed by atoms with Gasteiger partial charge in [-0.25, -0.2) is 14.4 Å². The SMILES string of the molecule is Cc1nc2cc(F)cc(C(=O)N[C@H]3CCOc4ccccc43)c2nc1C. The topological polar surface area (TPSA) is 64.1 Å². The fourth-order valence-electron chi connectivity index (χ4n) is 3.20. The molecule has 1 N–H and O–H groups in total. The van der Waals surface area contributed by atoms with Gasteiger partial charge in [-0.1, -0.05) is 18.2 Å². The van der Waals surface area contributed by atoms with Crippen LogP contribution in [0.3, 0.4) is 0 Å². The highest BCUT2D eigenvalue weighted by atomic mass is 19.1. The molecular weight excluding hydrogens is 333 g/mol. The number of ether oxygens (including phenoxy) is 1. The molecule has 5 nitrogen and oxygen atoms in total. The predicted octanol–water partition coefficient (Wildman–Crippen LogP) is 3.64. The van der Waals surface area contributed by atoms with Crippen LogP contribution in [0.2, 0.25) is 0 Å². The van der Waals surface area contributed by atoms with E-state index in [4.69, 9.17) is 4.74 Å². The van der Waals surface area contributed by atoms with Gasteiger partial charge in [0.05, 0.1) is 35.1 Å². The number of hydrogen-bond acceptors (Lipinski definition) is 4. The molecule has 0 unspecified atom stereocenters. The van der Waals surface area contributed by atoms with Crippen LogP contribution in [0.4, 0.5) is 4.39 Å². The molecule has 1 atom stereocenters. The van der Waals surface area contributed by atoms with Gasteiger partial charge in [-0.2, -0.15) is 0 Å². The lowest BCUT2D eigenvalue weighted by Crippen LogP contribution is -2.32. The van der Waals surface area contributed by atoms with E-state index in [9.17, 15) is 9.18 Å². The summed E-state index contributed by atoms with van der Waals surface area (Å²) in [6, 6.07) is 9.93. The van der Waals surface area contributed by atoms with Crippen molar-refractivity contribution in [2.45, 2.75) is 26.3 Å². The average Bonchev–Trinajstić information content (AvgIpc) is 2.63. The van der Waals surface area contributed by atoms with E-state index in [0.29, 0.717) is 29.8 Å². The molecule has 0 saturated heterocycles. The minimum absolute atomic E-state index is 0.190.